The summed E-state index contributed by atoms with van der Waals surface area (Å²) in [5, 5.41) is 21.1. The van der Waals surface area contributed by atoms with Gasteiger partial charge in [-0.25, -0.2) is 14.6 Å². The third kappa shape index (κ3) is 11.4. The van der Waals surface area contributed by atoms with Crippen molar-refractivity contribution in [2.75, 3.05) is 24.5 Å². The largest absolute Gasteiger partial charge is 0.477 e. The second-order valence-corrected chi connectivity index (χ2v) is 11.1. The third-order valence-electron chi connectivity index (χ3n) is 5.67. The number of carbonyl (C=O) groups is 5. The van der Waals surface area contributed by atoms with E-state index in [9.17, 15) is 24.0 Å². The fourth-order valence-electron chi connectivity index (χ4n) is 3.64. The highest BCUT2D eigenvalue weighted by molar-refractivity contribution is 7.13. The summed E-state index contributed by atoms with van der Waals surface area (Å²) in [6, 6.07) is 0.0581. The Morgan fingerprint density at radius 2 is 1.75 bits per heavy atom. The van der Waals surface area contributed by atoms with E-state index in [4.69, 9.17) is 9.84 Å². The molecule has 0 aliphatic carbocycles. The Labute approximate surface area is 237 Å². The average molecular weight is 579 g/mol. The Bertz CT molecular complexity index is 1120. The summed E-state index contributed by atoms with van der Waals surface area (Å²) < 4.78 is 5.18. The van der Waals surface area contributed by atoms with Crippen molar-refractivity contribution in [3.05, 3.63) is 35.6 Å². The number of anilines is 1. The quantitative estimate of drug-likeness (QED) is 0.173. The molecule has 1 fully saturated rings. The maximum atomic E-state index is 12.4. The minimum atomic E-state index is -1.40. The first-order valence-electron chi connectivity index (χ1n) is 13.0. The van der Waals surface area contributed by atoms with Crippen LogP contribution >= 0.6 is 11.3 Å². The number of carbonyl (C=O) groups excluding carboxylic acids is 4. The molecule has 0 saturated carbocycles. The number of carboxylic acids is 1. The van der Waals surface area contributed by atoms with Crippen molar-refractivity contribution < 1.29 is 33.8 Å². The zero-order valence-corrected chi connectivity index (χ0v) is 23.9. The van der Waals surface area contributed by atoms with E-state index in [-0.39, 0.29) is 23.3 Å². The van der Waals surface area contributed by atoms with E-state index in [1.165, 1.54) is 11.3 Å². The van der Waals surface area contributed by atoms with Crippen LogP contribution in [0.5, 0.6) is 0 Å². The zero-order chi connectivity index (χ0) is 29.9. The number of aromatic nitrogens is 1. The van der Waals surface area contributed by atoms with Crippen molar-refractivity contribution in [3.63, 3.8) is 0 Å². The molecule has 1 saturated heterocycles. The molecule has 0 radical (unpaired) electrons. The number of unbranched alkanes of at least 4 members (excludes halogenated alkanes) is 2. The number of amides is 4. The van der Waals surface area contributed by atoms with Crippen LogP contribution < -0.4 is 26.2 Å². The van der Waals surface area contributed by atoms with Gasteiger partial charge in [0, 0.05) is 37.5 Å². The lowest BCUT2D eigenvalue weighted by atomic mass is 10.0. The van der Waals surface area contributed by atoms with E-state index >= 15 is 0 Å². The molecule has 1 aromatic heterocycles. The number of piperidine rings is 1. The first-order valence-corrected chi connectivity index (χ1v) is 13.8. The van der Waals surface area contributed by atoms with Gasteiger partial charge in [-0.3, -0.25) is 14.4 Å². The minimum Gasteiger partial charge on any atom is -0.477 e. The molecule has 4 amide bonds. The van der Waals surface area contributed by atoms with Gasteiger partial charge >= 0.3 is 12.1 Å². The van der Waals surface area contributed by atoms with E-state index < -0.39 is 35.2 Å². The van der Waals surface area contributed by atoms with Crippen molar-refractivity contribution in [1.82, 2.24) is 26.3 Å². The number of hydrogen-bond donors (Lipinski definition) is 5. The third-order valence-corrected chi connectivity index (χ3v) is 6.57. The molecule has 0 atom stereocenters. The number of carboxylic acid groups (broad SMARTS) is 1. The molecule has 5 N–H and O–H groups in total. The highest BCUT2D eigenvalue weighted by atomic mass is 32.1. The number of alkyl carbamates (subject to hydrolysis) is 1. The summed E-state index contributed by atoms with van der Waals surface area (Å²) in [7, 11) is 0. The SMILES string of the molecule is C=C(NC(=O)C(=C)NC(=O)c1csc(N2CCC(NC(=O)CCCCCNC(=O)OC(C)(C)C)CC2)n1)C(=O)O. The predicted octanol–water partition coefficient (Wildman–Crippen LogP) is 2.27. The van der Waals surface area contributed by atoms with E-state index in [1.54, 1.807) is 5.38 Å². The van der Waals surface area contributed by atoms with Crippen LogP contribution in [0.2, 0.25) is 0 Å². The molecule has 2 heterocycles. The summed E-state index contributed by atoms with van der Waals surface area (Å²) in [6.07, 6.45) is 3.76. The van der Waals surface area contributed by atoms with Crippen molar-refractivity contribution >= 4 is 46.3 Å². The van der Waals surface area contributed by atoms with Gasteiger partial charge in [0.15, 0.2) is 5.13 Å². The first-order chi connectivity index (χ1) is 18.7. The molecule has 220 valence electrons. The van der Waals surface area contributed by atoms with Crippen LogP contribution in [0.25, 0.3) is 0 Å². The minimum absolute atomic E-state index is 0.00273. The molecule has 1 aliphatic rings. The second kappa shape index (κ2) is 15.0. The number of ether oxygens (including phenoxy) is 1. The lowest BCUT2D eigenvalue weighted by molar-refractivity contribution is -0.134. The Hall–Kier alpha value is -3.94. The van der Waals surface area contributed by atoms with Gasteiger partial charge in [-0.05, 0) is 46.5 Å². The standard InChI is InChI=1S/C26H38N6O7S/c1-16(21(34)29-17(2)23(36)37)28-22(35)19-15-40-24(31-19)32-13-10-18(11-14-32)30-20(33)9-7-6-8-12-27-25(38)39-26(3,4)5/h15,18H,1-2,6-14H2,3-5H3,(H,27,38)(H,28,35)(H,29,34)(H,30,33)(H,36,37). The topological polar surface area (TPSA) is 179 Å². The van der Waals surface area contributed by atoms with Crippen LogP contribution in [0, 0.1) is 0 Å². The molecule has 0 spiro atoms. The van der Waals surface area contributed by atoms with Crippen molar-refractivity contribution in [1.29, 1.82) is 0 Å². The van der Waals surface area contributed by atoms with E-state index in [0.29, 0.717) is 31.2 Å². The number of hydrogen-bond acceptors (Lipinski definition) is 9. The van der Waals surface area contributed by atoms with Gasteiger partial charge in [0.25, 0.3) is 11.8 Å². The lowest BCUT2D eigenvalue weighted by Gasteiger charge is -2.32. The van der Waals surface area contributed by atoms with Crippen LogP contribution in [-0.4, -0.2) is 71.2 Å². The Balaban J connectivity index is 1.66. The maximum Gasteiger partial charge on any atom is 0.407 e. The molecule has 1 aromatic rings. The Morgan fingerprint density at radius 1 is 1.07 bits per heavy atom. The Kier molecular flexibility index (Phi) is 12.1. The van der Waals surface area contributed by atoms with Crippen LogP contribution in [0.3, 0.4) is 0 Å². The maximum absolute atomic E-state index is 12.4. The van der Waals surface area contributed by atoms with E-state index in [2.05, 4.69) is 34.1 Å². The second-order valence-electron chi connectivity index (χ2n) is 10.3. The van der Waals surface area contributed by atoms with Crippen LogP contribution in [0.4, 0.5) is 9.93 Å². The zero-order valence-electron chi connectivity index (χ0n) is 23.1. The van der Waals surface area contributed by atoms with Gasteiger partial charge in [-0.1, -0.05) is 19.6 Å². The number of nitrogens with one attached hydrogen (secondary N) is 4. The highest BCUT2D eigenvalue weighted by Crippen LogP contribution is 2.24. The van der Waals surface area contributed by atoms with Crippen LogP contribution in [-0.2, 0) is 19.1 Å². The molecule has 0 bridgehead atoms. The van der Waals surface area contributed by atoms with Gasteiger partial charge in [0.2, 0.25) is 5.91 Å². The first kappa shape index (κ1) is 32.3. The molecular formula is C26H38N6O7S. The van der Waals surface area contributed by atoms with Gasteiger partial charge in [-0.15, -0.1) is 11.3 Å². The summed E-state index contributed by atoms with van der Waals surface area (Å²) in [5.41, 5.74) is -1.31. The number of nitrogens with zero attached hydrogens (tertiary/aromatic N) is 2. The van der Waals surface area contributed by atoms with E-state index in [1.807, 2.05) is 31.0 Å². The predicted molar refractivity (Wildman–Crippen MR) is 150 cm³/mol. The normalized spacial score (nSPS) is 13.6. The molecule has 1 aliphatic heterocycles. The number of rotatable bonds is 13. The fraction of sp³-hybridized carbons (Fsp3) is 0.538. The summed E-state index contributed by atoms with van der Waals surface area (Å²) in [4.78, 5) is 65.4. The van der Waals surface area contributed by atoms with Gasteiger partial charge in [0.1, 0.15) is 17.0 Å². The van der Waals surface area contributed by atoms with Gasteiger partial charge in [-0.2, -0.15) is 0 Å². The van der Waals surface area contributed by atoms with Gasteiger partial charge < -0.3 is 36.0 Å². The summed E-state index contributed by atoms with van der Waals surface area (Å²) in [5.74, 6) is -2.94. The molecule has 2 rings (SSSR count). The number of thiazole rings is 1. The molecule has 0 aromatic carbocycles. The van der Waals surface area contributed by atoms with Crippen molar-refractivity contribution in [3.8, 4) is 0 Å². The number of aliphatic carboxylic acids is 1. The molecular weight excluding hydrogens is 540 g/mol. The highest BCUT2D eigenvalue weighted by Gasteiger charge is 2.24. The molecule has 0 unspecified atom stereocenters. The van der Waals surface area contributed by atoms with Crippen molar-refractivity contribution in [2.24, 2.45) is 0 Å². The summed E-state index contributed by atoms with van der Waals surface area (Å²) >= 11 is 1.28. The van der Waals surface area contributed by atoms with Gasteiger partial charge in [0.05, 0.1) is 5.70 Å². The molecule has 40 heavy (non-hydrogen) atoms. The van der Waals surface area contributed by atoms with E-state index in [0.717, 1.165) is 32.1 Å². The lowest BCUT2D eigenvalue weighted by Crippen LogP contribution is -2.44. The molecule has 14 heteroatoms. The Morgan fingerprint density at radius 3 is 2.38 bits per heavy atom. The average Bonchev–Trinajstić information content (AvgIpc) is 3.36. The fourth-order valence-corrected chi connectivity index (χ4v) is 4.50. The monoisotopic (exact) mass is 578 g/mol. The molecule has 13 nitrogen and oxygen atoms in total. The smallest absolute Gasteiger partial charge is 0.407 e. The van der Waals surface area contributed by atoms with Crippen LogP contribution in [0.1, 0.15) is 69.8 Å². The summed E-state index contributed by atoms with van der Waals surface area (Å²) in [6.45, 7) is 13.9. The van der Waals surface area contributed by atoms with Crippen LogP contribution in [0.15, 0.2) is 29.9 Å². The van der Waals surface area contributed by atoms with Crippen molar-refractivity contribution in [2.45, 2.75) is 70.9 Å².